The van der Waals surface area contributed by atoms with Gasteiger partial charge < -0.3 is 20.2 Å². The molecule has 2 amide bonds. The molecular formula is C22H28BrN3O2. The summed E-state index contributed by atoms with van der Waals surface area (Å²) in [5.74, 6) is 0.438. The number of nitrogens with zero attached hydrogens (tertiary/aromatic N) is 2. The van der Waals surface area contributed by atoms with E-state index in [1.54, 1.807) is 4.90 Å². The van der Waals surface area contributed by atoms with Crippen LogP contribution in [0.5, 0.6) is 0 Å². The van der Waals surface area contributed by atoms with E-state index in [2.05, 4.69) is 50.4 Å². The summed E-state index contributed by atoms with van der Waals surface area (Å²) < 4.78 is 1.08. The fourth-order valence-electron chi connectivity index (χ4n) is 3.59. The van der Waals surface area contributed by atoms with Crippen molar-refractivity contribution in [1.29, 1.82) is 0 Å². The van der Waals surface area contributed by atoms with Gasteiger partial charge >= 0.3 is 6.03 Å². The van der Waals surface area contributed by atoms with Crippen LogP contribution in [-0.2, 0) is 6.42 Å². The molecule has 1 saturated heterocycles. The van der Waals surface area contributed by atoms with E-state index in [0.717, 1.165) is 30.4 Å². The number of aliphatic hydroxyl groups excluding tert-OH is 1. The molecule has 2 aromatic rings. The number of anilines is 1. The van der Waals surface area contributed by atoms with Gasteiger partial charge in [-0.2, -0.15) is 0 Å². The van der Waals surface area contributed by atoms with Gasteiger partial charge in [-0.3, -0.25) is 0 Å². The standard InChI is InChI=1S/C22H28BrN3O2/c23-20-7-4-8-21(15-20)26-12-10-19(17-26)16-24-22(28)25(13-14-27)11-9-18-5-2-1-3-6-18/h1-8,15,19,27H,9-14,16-17H2,(H,24,28). The molecule has 1 aliphatic rings. The van der Waals surface area contributed by atoms with Gasteiger partial charge in [-0.25, -0.2) is 4.79 Å². The average Bonchev–Trinajstić information content (AvgIpc) is 3.19. The van der Waals surface area contributed by atoms with Crippen molar-refractivity contribution < 1.29 is 9.90 Å². The quantitative estimate of drug-likeness (QED) is 0.653. The number of benzene rings is 2. The van der Waals surface area contributed by atoms with Crippen LogP contribution < -0.4 is 10.2 Å². The molecule has 0 aliphatic carbocycles. The fourth-order valence-corrected chi connectivity index (χ4v) is 3.98. The minimum absolute atomic E-state index is 0.0255. The summed E-state index contributed by atoms with van der Waals surface area (Å²) >= 11 is 3.53. The zero-order valence-corrected chi connectivity index (χ0v) is 17.6. The second kappa shape index (κ2) is 10.5. The zero-order chi connectivity index (χ0) is 19.8. The van der Waals surface area contributed by atoms with Crippen LogP contribution in [0.25, 0.3) is 0 Å². The lowest BCUT2D eigenvalue weighted by molar-refractivity contribution is 0.177. The highest BCUT2D eigenvalue weighted by molar-refractivity contribution is 9.10. The number of carbonyl (C=O) groups is 1. The molecule has 0 spiro atoms. The minimum Gasteiger partial charge on any atom is -0.395 e. The van der Waals surface area contributed by atoms with Crippen LogP contribution in [0.4, 0.5) is 10.5 Å². The Balaban J connectivity index is 1.46. The van der Waals surface area contributed by atoms with Crippen LogP contribution in [-0.4, -0.2) is 55.4 Å². The lowest BCUT2D eigenvalue weighted by atomic mass is 10.1. The van der Waals surface area contributed by atoms with Gasteiger partial charge in [-0.1, -0.05) is 52.3 Å². The van der Waals surface area contributed by atoms with Crippen molar-refractivity contribution >= 4 is 27.6 Å². The highest BCUT2D eigenvalue weighted by Gasteiger charge is 2.24. The van der Waals surface area contributed by atoms with Crippen molar-refractivity contribution in [2.24, 2.45) is 5.92 Å². The number of rotatable bonds is 8. The van der Waals surface area contributed by atoms with Gasteiger partial charge in [0.15, 0.2) is 0 Å². The van der Waals surface area contributed by atoms with Gasteiger partial charge in [0.1, 0.15) is 0 Å². The Hall–Kier alpha value is -2.05. The Morgan fingerprint density at radius 3 is 2.75 bits per heavy atom. The lowest BCUT2D eigenvalue weighted by Gasteiger charge is -2.23. The zero-order valence-electron chi connectivity index (χ0n) is 16.1. The van der Waals surface area contributed by atoms with Crippen LogP contribution in [0.1, 0.15) is 12.0 Å². The molecule has 2 N–H and O–H groups in total. The third-order valence-corrected chi connectivity index (χ3v) is 5.66. The molecule has 2 aromatic carbocycles. The first-order valence-electron chi connectivity index (χ1n) is 9.84. The van der Waals surface area contributed by atoms with Crippen LogP contribution in [0.2, 0.25) is 0 Å². The maximum absolute atomic E-state index is 12.6. The van der Waals surface area contributed by atoms with Gasteiger partial charge in [-0.15, -0.1) is 0 Å². The largest absolute Gasteiger partial charge is 0.395 e. The molecule has 1 atom stereocenters. The minimum atomic E-state index is -0.0918. The van der Waals surface area contributed by atoms with Crippen molar-refractivity contribution in [3.8, 4) is 0 Å². The normalized spacial score (nSPS) is 16.2. The Morgan fingerprint density at radius 2 is 2.00 bits per heavy atom. The Labute approximate surface area is 175 Å². The molecule has 0 aromatic heterocycles. The maximum Gasteiger partial charge on any atom is 0.317 e. The average molecular weight is 446 g/mol. The van der Waals surface area contributed by atoms with Crippen molar-refractivity contribution in [1.82, 2.24) is 10.2 Å². The van der Waals surface area contributed by atoms with Crippen LogP contribution in [0, 0.1) is 5.92 Å². The topological polar surface area (TPSA) is 55.8 Å². The molecule has 28 heavy (non-hydrogen) atoms. The molecule has 6 heteroatoms. The van der Waals surface area contributed by atoms with Gasteiger partial charge in [-0.05, 0) is 42.5 Å². The Bertz CT molecular complexity index is 756. The number of nitrogens with one attached hydrogen (secondary N) is 1. The molecule has 0 saturated carbocycles. The summed E-state index contributed by atoms with van der Waals surface area (Å²) in [6.07, 6.45) is 1.85. The third-order valence-electron chi connectivity index (χ3n) is 5.17. The molecule has 3 rings (SSSR count). The smallest absolute Gasteiger partial charge is 0.317 e. The maximum atomic E-state index is 12.6. The van der Waals surface area contributed by atoms with Gasteiger partial charge in [0.25, 0.3) is 0 Å². The second-order valence-corrected chi connectivity index (χ2v) is 8.13. The van der Waals surface area contributed by atoms with Crippen LogP contribution in [0.15, 0.2) is 59.1 Å². The summed E-state index contributed by atoms with van der Waals surface area (Å²) in [4.78, 5) is 16.7. The highest BCUT2D eigenvalue weighted by atomic mass is 79.9. The summed E-state index contributed by atoms with van der Waals surface area (Å²) in [6.45, 7) is 3.55. The SMILES string of the molecule is O=C(NCC1CCN(c2cccc(Br)c2)C1)N(CCO)CCc1ccccc1. The number of hydrogen-bond donors (Lipinski definition) is 2. The first kappa shape index (κ1) is 20.7. The number of hydrogen-bond acceptors (Lipinski definition) is 3. The third kappa shape index (κ3) is 5.97. The molecule has 1 unspecified atom stereocenters. The molecule has 0 bridgehead atoms. The van der Waals surface area contributed by atoms with E-state index < -0.39 is 0 Å². The van der Waals surface area contributed by atoms with Crippen LogP contribution >= 0.6 is 15.9 Å². The predicted octanol–water partition coefficient (Wildman–Crippen LogP) is 3.52. The van der Waals surface area contributed by atoms with Crippen molar-refractivity contribution in [3.63, 3.8) is 0 Å². The second-order valence-electron chi connectivity index (χ2n) is 7.21. The number of halogens is 1. The molecule has 150 valence electrons. The molecular weight excluding hydrogens is 418 g/mol. The molecule has 1 aliphatic heterocycles. The summed E-state index contributed by atoms with van der Waals surface area (Å²) in [5, 5.41) is 12.4. The number of amides is 2. The number of aliphatic hydroxyl groups is 1. The van der Waals surface area contributed by atoms with Crippen molar-refractivity contribution in [2.75, 3.05) is 44.2 Å². The van der Waals surface area contributed by atoms with E-state index in [1.165, 1.54) is 11.3 Å². The monoisotopic (exact) mass is 445 g/mol. The van der Waals surface area contributed by atoms with E-state index >= 15 is 0 Å². The van der Waals surface area contributed by atoms with Gasteiger partial charge in [0, 0.05) is 42.9 Å². The summed E-state index contributed by atoms with van der Waals surface area (Å²) in [5.41, 5.74) is 2.41. The van der Waals surface area contributed by atoms with Crippen molar-refractivity contribution in [3.05, 3.63) is 64.6 Å². The van der Waals surface area contributed by atoms with E-state index in [9.17, 15) is 9.90 Å². The molecule has 0 radical (unpaired) electrons. The predicted molar refractivity (Wildman–Crippen MR) is 117 cm³/mol. The lowest BCUT2D eigenvalue weighted by Crippen LogP contribution is -2.44. The summed E-state index contributed by atoms with van der Waals surface area (Å²) in [7, 11) is 0. The molecule has 1 fully saturated rings. The first-order valence-corrected chi connectivity index (χ1v) is 10.6. The van der Waals surface area contributed by atoms with E-state index in [0.29, 0.717) is 25.6 Å². The van der Waals surface area contributed by atoms with Crippen LogP contribution in [0.3, 0.4) is 0 Å². The fraction of sp³-hybridized carbons (Fsp3) is 0.409. The number of carbonyl (C=O) groups excluding carboxylic acids is 1. The Morgan fingerprint density at radius 1 is 1.18 bits per heavy atom. The molecule has 5 nitrogen and oxygen atoms in total. The van der Waals surface area contributed by atoms with Crippen molar-refractivity contribution in [2.45, 2.75) is 12.8 Å². The van der Waals surface area contributed by atoms with E-state index in [1.807, 2.05) is 30.3 Å². The van der Waals surface area contributed by atoms with Gasteiger partial charge in [0.2, 0.25) is 0 Å². The summed E-state index contributed by atoms with van der Waals surface area (Å²) in [6, 6.07) is 18.4. The highest BCUT2D eigenvalue weighted by Crippen LogP contribution is 2.25. The first-order chi connectivity index (χ1) is 13.7. The van der Waals surface area contributed by atoms with E-state index in [4.69, 9.17) is 0 Å². The number of urea groups is 1. The van der Waals surface area contributed by atoms with E-state index in [-0.39, 0.29) is 12.6 Å². The Kier molecular flexibility index (Phi) is 7.74. The molecule has 1 heterocycles. The van der Waals surface area contributed by atoms with Gasteiger partial charge in [0.05, 0.1) is 6.61 Å².